The SMILES string of the molecule is CN(CCc1ccncc1)C(=O)c1ccc(N2CCN[C@@H](c3ccccc3)C2)nc1. The molecule has 154 valence electrons. The molecule has 1 atom stereocenters. The molecular formula is C24H27N5O. The molecule has 6 heteroatoms. The first-order chi connectivity index (χ1) is 14.7. The first-order valence-electron chi connectivity index (χ1n) is 10.3. The van der Waals surface area contributed by atoms with Gasteiger partial charge in [0, 0.05) is 57.9 Å². The van der Waals surface area contributed by atoms with Crippen molar-refractivity contribution in [3.8, 4) is 0 Å². The molecule has 0 bridgehead atoms. The van der Waals surface area contributed by atoms with E-state index in [2.05, 4.69) is 44.5 Å². The van der Waals surface area contributed by atoms with Crippen LogP contribution in [-0.2, 0) is 6.42 Å². The molecule has 4 rings (SSSR count). The third-order valence-electron chi connectivity index (χ3n) is 5.53. The van der Waals surface area contributed by atoms with Gasteiger partial charge in [-0.15, -0.1) is 0 Å². The van der Waals surface area contributed by atoms with Crippen molar-refractivity contribution in [2.75, 3.05) is 38.1 Å². The Balaban J connectivity index is 1.36. The smallest absolute Gasteiger partial charge is 0.255 e. The minimum atomic E-state index is -0.00872. The summed E-state index contributed by atoms with van der Waals surface area (Å²) in [7, 11) is 1.83. The number of carbonyl (C=O) groups is 1. The summed E-state index contributed by atoms with van der Waals surface area (Å²) < 4.78 is 0. The fraction of sp³-hybridized carbons (Fsp3) is 0.292. The van der Waals surface area contributed by atoms with Crippen molar-refractivity contribution in [3.05, 3.63) is 89.9 Å². The highest BCUT2D eigenvalue weighted by Gasteiger charge is 2.22. The van der Waals surface area contributed by atoms with Crippen LogP contribution in [0.5, 0.6) is 0 Å². The number of amides is 1. The number of pyridine rings is 2. The number of carbonyl (C=O) groups excluding carboxylic acids is 1. The minimum absolute atomic E-state index is 0.00872. The Kier molecular flexibility index (Phi) is 6.35. The van der Waals surface area contributed by atoms with Gasteiger partial charge in [-0.2, -0.15) is 0 Å². The summed E-state index contributed by atoms with van der Waals surface area (Å²) in [5, 5.41) is 3.57. The number of nitrogens with zero attached hydrogens (tertiary/aromatic N) is 4. The van der Waals surface area contributed by atoms with E-state index in [1.54, 1.807) is 23.5 Å². The molecule has 1 saturated heterocycles. The number of nitrogens with one attached hydrogen (secondary N) is 1. The van der Waals surface area contributed by atoms with Crippen molar-refractivity contribution in [2.24, 2.45) is 0 Å². The molecule has 0 unspecified atom stereocenters. The van der Waals surface area contributed by atoms with Gasteiger partial charge in [0.05, 0.1) is 5.56 Å². The van der Waals surface area contributed by atoms with Crippen molar-refractivity contribution in [3.63, 3.8) is 0 Å². The molecule has 3 heterocycles. The van der Waals surface area contributed by atoms with Crippen LogP contribution in [0.2, 0.25) is 0 Å². The molecule has 2 aromatic heterocycles. The van der Waals surface area contributed by atoms with E-state index in [9.17, 15) is 4.79 Å². The van der Waals surface area contributed by atoms with Crippen LogP contribution in [0.25, 0.3) is 0 Å². The summed E-state index contributed by atoms with van der Waals surface area (Å²) in [6, 6.07) is 18.5. The van der Waals surface area contributed by atoms with Crippen LogP contribution >= 0.6 is 0 Å². The fourth-order valence-electron chi connectivity index (χ4n) is 3.73. The van der Waals surface area contributed by atoms with Crippen LogP contribution < -0.4 is 10.2 Å². The number of piperazine rings is 1. The summed E-state index contributed by atoms with van der Waals surface area (Å²) in [6.45, 7) is 3.31. The topological polar surface area (TPSA) is 61.4 Å². The largest absolute Gasteiger partial charge is 0.353 e. The molecule has 1 aliphatic heterocycles. The van der Waals surface area contributed by atoms with E-state index in [4.69, 9.17) is 0 Å². The highest BCUT2D eigenvalue weighted by atomic mass is 16.2. The monoisotopic (exact) mass is 401 g/mol. The number of hydrogen-bond donors (Lipinski definition) is 1. The zero-order valence-corrected chi connectivity index (χ0v) is 17.2. The van der Waals surface area contributed by atoms with Crippen molar-refractivity contribution in [1.82, 2.24) is 20.2 Å². The van der Waals surface area contributed by atoms with Gasteiger partial charge in [-0.05, 0) is 41.8 Å². The number of aromatic nitrogens is 2. The zero-order chi connectivity index (χ0) is 20.8. The quantitative estimate of drug-likeness (QED) is 0.688. The summed E-state index contributed by atoms with van der Waals surface area (Å²) in [5.41, 5.74) is 3.07. The molecule has 0 saturated carbocycles. The first-order valence-corrected chi connectivity index (χ1v) is 10.3. The van der Waals surface area contributed by atoms with Gasteiger partial charge < -0.3 is 15.1 Å². The summed E-state index contributed by atoms with van der Waals surface area (Å²) >= 11 is 0. The highest BCUT2D eigenvalue weighted by molar-refractivity contribution is 5.93. The van der Waals surface area contributed by atoms with Gasteiger partial charge in [0.25, 0.3) is 5.91 Å². The Morgan fingerprint density at radius 1 is 1.13 bits per heavy atom. The van der Waals surface area contributed by atoms with E-state index in [0.717, 1.165) is 31.9 Å². The average Bonchev–Trinajstić information content (AvgIpc) is 2.83. The fourth-order valence-corrected chi connectivity index (χ4v) is 3.73. The molecule has 0 spiro atoms. The van der Waals surface area contributed by atoms with Crippen molar-refractivity contribution < 1.29 is 4.79 Å². The maximum absolute atomic E-state index is 12.7. The van der Waals surface area contributed by atoms with Gasteiger partial charge in [0.1, 0.15) is 5.82 Å². The normalized spacial score (nSPS) is 16.3. The van der Waals surface area contributed by atoms with E-state index in [1.165, 1.54) is 11.1 Å². The molecule has 30 heavy (non-hydrogen) atoms. The van der Waals surface area contributed by atoms with Crippen LogP contribution in [0.3, 0.4) is 0 Å². The van der Waals surface area contributed by atoms with Crippen LogP contribution in [0, 0.1) is 0 Å². The van der Waals surface area contributed by atoms with Crippen molar-refractivity contribution in [2.45, 2.75) is 12.5 Å². The van der Waals surface area contributed by atoms with Crippen molar-refractivity contribution >= 4 is 11.7 Å². The number of hydrogen-bond acceptors (Lipinski definition) is 5. The molecule has 1 N–H and O–H groups in total. The number of benzene rings is 1. The molecule has 1 amide bonds. The Bertz CT molecular complexity index is 946. The minimum Gasteiger partial charge on any atom is -0.353 e. The third kappa shape index (κ3) is 4.83. The van der Waals surface area contributed by atoms with Crippen LogP contribution in [0.1, 0.15) is 27.5 Å². The summed E-state index contributed by atoms with van der Waals surface area (Å²) in [6.07, 6.45) is 6.05. The average molecular weight is 402 g/mol. The molecule has 0 aliphatic carbocycles. The summed E-state index contributed by atoms with van der Waals surface area (Å²) in [4.78, 5) is 25.4. The Morgan fingerprint density at radius 3 is 2.67 bits per heavy atom. The van der Waals surface area contributed by atoms with Gasteiger partial charge in [-0.3, -0.25) is 9.78 Å². The lowest BCUT2D eigenvalue weighted by atomic mass is 10.0. The third-order valence-corrected chi connectivity index (χ3v) is 5.53. The predicted molar refractivity (Wildman–Crippen MR) is 119 cm³/mol. The molecule has 1 fully saturated rings. The zero-order valence-electron chi connectivity index (χ0n) is 17.2. The standard InChI is InChI=1S/C24H27N5O/c1-28(15-11-19-9-12-25-13-10-19)24(30)21-7-8-23(27-17-21)29-16-14-26-22(18-29)20-5-3-2-4-6-20/h2-10,12-13,17,22,26H,11,14-16,18H2,1H3/t22-/m1/s1. The lowest BCUT2D eigenvalue weighted by Crippen LogP contribution is -2.46. The Labute approximate surface area is 177 Å². The van der Waals surface area contributed by atoms with Crippen LogP contribution in [0.15, 0.2) is 73.2 Å². The first kappa shape index (κ1) is 20.0. The molecular weight excluding hydrogens is 374 g/mol. The lowest BCUT2D eigenvalue weighted by molar-refractivity contribution is 0.0796. The molecule has 6 nitrogen and oxygen atoms in total. The number of likely N-dealkylation sites (N-methyl/N-ethyl adjacent to an activating group) is 1. The molecule has 3 aromatic rings. The Morgan fingerprint density at radius 2 is 1.93 bits per heavy atom. The molecule has 0 radical (unpaired) electrons. The van der Waals surface area contributed by atoms with Gasteiger partial charge in [0.15, 0.2) is 0 Å². The molecule has 1 aliphatic rings. The van der Waals surface area contributed by atoms with Crippen molar-refractivity contribution in [1.29, 1.82) is 0 Å². The second kappa shape index (κ2) is 9.50. The second-order valence-electron chi connectivity index (χ2n) is 7.60. The van der Waals surface area contributed by atoms with E-state index in [0.29, 0.717) is 12.1 Å². The maximum atomic E-state index is 12.7. The number of anilines is 1. The van der Waals surface area contributed by atoms with Gasteiger partial charge >= 0.3 is 0 Å². The van der Waals surface area contributed by atoms with E-state index in [1.807, 2.05) is 37.4 Å². The van der Waals surface area contributed by atoms with Gasteiger partial charge in [-0.1, -0.05) is 30.3 Å². The van der Waals surface area contributed by atoms with E-state index < -0.39 is 0 Å². The number of rotatable bonds is 6. The maximum Gasteiger partial charge on any atom is 0.255 e. The summed E-state index contributed by atoms with van der Waals surface area (Å²) in [5.74, 6) is 0.902. The van der Waals surface area contributed by atoms with E-state index in [-0.39, 0.29) is 11.9 Å². The second-order valence-corrected chi connectivity index (χ2v) is 7.60. The van der Waals surface area contributed by atoms with Gasteiger partial charge in [-0.25, -0.2) is 4.98 Å². The predicted octanol–water partition coefficient (Wildman–Crippen LogP) is 2.94. The van der Waals surface area contributed by atoms with Gasteiger partial charge in [0.2, 0.25) is 0 Å². The highest BCUT2D eigenvalue weighted by Crippen LogP contribution is 2.21. The Hall–Kier alpha value is -3.25. The van der Waals surface area contributed by atoms with Crippen LogP contribution in [-0.4, -0.2) is 54.0 Å². The van der Waals surface area contributed by atoms with Crippen LogP contribution in [0.4, 0.5) is 5.82 Å². The molecule has 1 aromatic carbocycles. The lowest BCUT2D eigenvalue weighted by Gasteiger charge is -2.34. The van der Waals surface area contributed by atoms with E-state index >= 15 is 0 Å².